The SMILES string of the molecule is Cc1ccc(S(=O)(=O)N(CC(=O)Nc2ccc(Cl)cc2)c2cccc(C(F)(F)F)c2)cc1. The van der Waals surface area contributed by atoms with Gasteiger partial charge in [0, 0.05) is 10.7 Å². The number of aryl methyl sites for hydroxylation is 1. The second-order valence-corrected chi connectivity index (χ2v) is 9.23. The number of sulfonamides is 1. The summed E-state index contributed by atoms with van der Waals surface area (Å²) in [6, 6.07) is 15.7. The Morgan fingerprint density at radius 2 is 1.62 bits per heavy atom. The Balaban J connectivity index is 2.00. The van der Waals surface area contributed by atoms with Crippen LogP contribution in [0.2, 0.25) is 5.02 Å². The smallest absolute Gasteiger partial charge is 0.325 e. The average molecular weight is 483 g/mol. The Morgan fingerprint density at radius 1 is 1.00 bits per heavy atom. The molecule has 0 fully saturated rings. The first-order chi connectivity index (χ1) is 15.0. The number of amides is 1. The van der Waals surface area contributed by atoms with Gasteiger partial charge in [0.15, 0.2) is 0 Å². The number of halogens is 4. The largest absolute Gasteiger partial charge is 0.416 e. The predicted octanol–water partition coefficient (Wildman–Crippen LogP) is 5.50. The van der Waals surface area contributed by atoms with Gasteiger partial charge >= 0.3 is 6.18 Å². The van der Waals surface area contributed by atoms with Crippen molar-refractivity contribution in [2.24, 2.45) is 0 Å². The van der Waals surface area contributed by atoms with Gasteiger partial charge in [-0.3, -0.25) is 9.10 Å². The Hall–Kier alpha value is -3.04. The van der Waals surface area contributed by atoms with Gasteiger partial charge in [-0.15, -0.1) is 0 Å². The quantitative estimate of drug-likeness (QED) is 0.504. The standard InChI is InChI=1S/C22H18ClF3N2O3S/c1-15-5-11-20(12-6-15)32(30,31)28(19-4-2-3-16(13-19)22(24,25)26)14-21(29)27-18-9-7-17(23)8-10-18/h2-13H,14H2,1H3,(H,27,29). The van der Waals surface area contributed by atoms with Crippen molar-refractivity contribution in [3.05, 3.63) is 88.9 Å². The third kappa shape index (κ3) is 5.60. The summed E-state index contributed by atoms with van der Waals surface area (Å²) >= 11 is 5.81. The molecule has 5 nitrogen and oxygen atoms in total. The van der Waals surface area contributed by atoms with Crippen LogP contribution in [0.1, 0.15) is 11.1 Å². The van der Waals surface area contributed by atoms with Crippen molar-refractivity contribution >= 4 is 38.9 Å². The fourth-order valence-corrected chi connectivity index (χ4v) is 4.39. The summed E-state index contributed by atoms with van der Waals surface area (Å²) in [5.41, 5.74) is -0.157. The van der Waals surface area contributed by atoms with Crippen molar-refractivity contribution in [2.45, 2.75) is 18.0 Å². The molecule has 1 N–H and O–H groups in total. The van der Waals surface area contributed by atoms with E-state index in [0.717, 1.165) is 17.7 Å². The van der Waals surface area contributed by atoms with Crippen molar-refractivity contribution in [3.8, 4) is 0 Å². The van der Waals surface area contributed by atoms with Gasteiger partial charge in [0.1, 0.15) is 6.54 Å². The van der Waals surface area contributed by atoms with Crippen LogP contribution in [0, 0.1) is 6.92 Å². The summed E-state index contributed by atoms with van der Waals surface area (Å²) in [5, 5.41) is 2.96. The minimum Gasteiger partial charge on any atom is -0.325 e. The first kappa shape index (κ1) is 23.6. The van der Waals surface area contributed by atoms with Crippen molar-refractivity contribution in [2.75, 3.05) is 16.2 Å². The minimum absolute atomic E-state index is 0.153. The molecule has 0 heterocycles. The van der Waals surface area contributed by atoms with Gasteiger partial charge in [0.2, 0.25) is 5.91 Å². The molecule has 32 heavy (non-hydrogen) atoms. The predicted molar refractivity (Wildman–Crippen MR) is 117 cm³/mol. The molecule has 0 unspecified atom stereocenters. The van der Waals surface area contributed by atoms with Crippen molar-refractivity contribution < 1.29 is 26.4 Å². The molecule has 3 aromatic rings. The number of carbonyl (C=O) groups excluding carboxylic acids is 1. The van der Waals surface area contributed by atoms with E-state index in [1.54, 1.807) is 19.1 Å². The number of alkyl halides is 3. The van der Waals surface area contributed by atoms with Crippen LogP contribution < -0.4 is 9.62 Å². The van der Waals surface area contributed by atoms with E-state index in [-0.39, 0.29) is 10.6 Å². The highest BCUT2D eigenvalue weighted by Crippen LogP contribution is 2.33. The molecule has 0 saturated heterocycles. The molecule has 3 rings (SSSR count). The Labute approximate surface area is 188 Å². The normalized spacial score (nSPS) is 11.8. The molecule has 0 spiro atoms. The van der Waals surface area contributed by atoms with Crippen LogP contribution in [-0.2, 0) is 21.0 Å². The van der Waals surface area contributed by atoms with Gasteiger partial charge < -0.3 is 5.32 Å². The van der Waals surface area contributed by atoms with Crippen LogP contribution in [0.5, 0.6) is 0 Å². The number of hydrogen-bond donors (Lipinski definition) is 1. The number of carbonyl (C=O) groups is 1. The molecule has 1 amide bonds. The highest BCUT2D eigenvalue weighted by atomic mass is 35.5. The number of anilines is 2. The molecule has 168 valence electrons. The molecule has 3 aromatic carbocycles. The highest BCUT2D eigenvalue weighted by Gasteiger charge is 2.33. The molecular weight excluding hydrogens is 465 g/mol. The summed E-state index contributed by atoms with van der Waals surface area (Å²) in [7, 11) is -4.34. The molecular formula is C22H18ClF3N2O3S. The molecule has 0 radical (unpaired) electrons. The topological polar surface area (TPSA) is 66.5 Å². The van der Waals surface area contributed by atoms with Crippen LogP contribution >= 0.6 is 11.6 Å². The number of rotatable bonds is 6. The first-order valence-corrected chi connectivity index (χ1v) is 11.1. The van der Waals surface area contributed by atoms with E-state index in [4.69, 9.17) is 11.6 Å². The maximum absolute atomic E-state index is 13.3. The van der Waals surface area contributed by atoms with Gasteiger partial charge in [0.25, 0.3) is 10.0 Å². The van der Waals surface area contributed by atoms with E-state index in [0.29, 0.717) is 21.1 Å². The maximum atomic E-state index is 13.3. The lowest BCUT2D eigenvalue weighted by atomic mass is 10.2. The molecule has 0 saturated carbocycles. The fourth-order valence-electron chi connectivity index (χ4n) is 2.85. The molecule has 0 aliphatic heterocycles. The summed E-state index contributed by atoms with van der Waals surface area (Å²) in [4.78, 5) is 12.5. The third-order valence-electron chi connectivity index (χ3n) is 4.49. The number of nitrogens with one attached hydrogen (secondary N) is 1. The lowest BCUT2D eigenvalue weighted by Crippen LogP contribution is -2.38. The lowest BCUT2D eigenvalue weighted by molar-refractivity contribution is -0.137. The van der Waals surface area contributed by atoms with Crippen molar-refractivity contribution in [3.63, 3.8) is 0 Å². The number of nitrogens with zero attached hydrogens (tertiary/aromatic N) is 1. The molecule has 0 bridgehead atoms. The number of hydrogen-bond acceptors (Lipinski definition) is 3. The minimum atomic E-state index is -4.68. The van der Waals surface area contributed by atoms with Crippen LogP contribution in [0.15, 0.2) is 77.7 Å². The third-order valence-corrected chi connectivity index (χ3v) is 6.53. The van der Waals surface area contributed by atoms with Crippen molar-refractivity contribution in [1.82, 2.24) is 0 Å². The van der Waals surface area contributed by atoms with E-state index in [1.165, 1.54) is 42.5 Å². The van der Waals surface area contributed by atoms with Gasteiger partial charge in [-0.25, -0.2) is 8.42 Å². The highest BCUT2D eigenvalue weighted by molar-refractivity contribution is 7.92. The van der Waals surface area contributed by atoms with E-state index in [1.807, 2.05) is 0 Å². The maximum Gasteiger partial charge on any atom is 0.416 e. The Morgan fingerprint density at radius 3 is 2.22 bits per heavy atom. The second kappa shape index (κ2) is 9.22. The molecule has 0 atom stereocenters. The molecule has 0 aromatic heterocycles. The average Bonchev–Trinajstić information content (AvgIpc) is 2.73. The van der Waals surface area contributed by atoms with Crippen LogP contribution in [0.25, 0.3) is 0 Å². The fraction of sp³-hybridized carbons (Fsp3) is 0.136. The number of benzene rings is 3. The molecule has 0 aliphatic rings. The van der Waals surface area contributed by atoms with E-state index in [9.17, 15) is 26.4 Å². The van der Waals surface area contributed by atoms with E-state index >= 15 is 0 Å². The lowest BCUT2D eigenvalue weighted by Gasteiger charge is -2.25. The first-order valence-electron chi connectivity index (χ1n) is 9.29. The van der Waals surface area contributed by atoms with Gasteiger partial charge in [-0.05, 0) is 61.5 Å². The summed E-state index contributed by atoms with van der Waals surface area (Å²) in [6.45, 7) is 1.03. The Kier molecular flexibility index (Phi) is 6.80. The zero-order valence-electron chi connectivity index (χ0n) is 16.7. The van der Waals surface area contributed by atoms with E-state index < -0.39 is 34.2 Å². The van der Waals surface area contributed by atoms with Gasteiger partial charge in [0.05, 0.1) is 16.1 Å². The summed E-state index contributed by atoms with van der Waals surface area (Å²) in [6.07, 6.45) is -4.68. The van der Waals surface area contributed by atoms with Crippen LogP contribution in [0.4, 0.5) is 24.5 Å². The van der Waals surface area contributed by atoms with Gasteiger partial charge in [-0.2, -0.15) is 13.2 Å². The van der Waals surface area contributed by atoms with Gasteiger partial charge in [-0.1, -0.05) is 35.4 Å². The molecule has 10 heteroatoms. The van der Waals surface area contributed by atoms with Crippen LogP contribution in [-0.4, -0.2) is 20.9 Å². The van der Waals surface area contributed by atoms with Crippen molar-refractivity contribution in [1.29, 1.82) is 0 Å². The zero-order chi connectivity index (χ0) is 23.5. The monoisotopic (exact) mass is 482 g/mol. The summed E-state index contributed by atoms with van der Waals surface area (Å²) < 4.78 is 66.9. The zero-order valence-corrected chi connectivity index (χ0v) is 18.3. The van der Waals surface area contributed by atoms with Crippen LogP contribution in [0.3, 0.4) is 0 Å². The second-order valence-electron chi connectivity index (χ2n) is 6.93. The Bertz CT molecular complexity index is 1210. The molecule has 0 aliphatic carbocycles. The van der Waals surface area contributed by atoms with E-state index in [2.05, 4.69) is 5.32 Å². The summed E-state index contributed by atoms with van der Waals surface area (Å²) in [5.74, 6) is -0.736.